The van der Waals surface area contributed by atoms with Crippen molar-refractivity contribution in [2.45, 2.75) is 31.7 Å². The summed E-state index contributed by atoms with van der Waals surface area (Å²) in [6.45, 7) is 8.29. The topological polar surface area (TPSA) is 21.3 Å². The fraction of sp³-hybridized carbons (Fsp3) is 0.571. The number of rotatable bonds is 7. The molecule has 3 heteroatoms. The zero-order chi connectivity index (χ0) is 12.7. The average molecular weight is 253 g/mol. The van der Waals surface area contributed by atoms with Gasteiger partial charge < -0.3 is 10.1 Å². The van der Waals surface area contributed by atoms with Gasteiger partial charge in [-0.2, -0.15) is 0 Å². The Kier molecular flexibility index (Phi) is 6.45. The molecule has 0 bridgehead atoms. The van der Waals surface area contributed by atoms with E-state index in [0.717, 1.165) is 18.9 Å². The third-order valence-electron chi connectivity index (χ3n) is 2.47. The standard InChI is InChI=1S/C14H23NOS/c1-11(2)15-9-12(3)10-16-13-5-7-14(17-4)8-6-13/h5-8,11-12,15H,9-10H2,1-4H3. The summed E-state index contributed by atoms with van der Waals surface area (Å²) >= 11 is 1.75. The monoisotopic (exact) mass is 253 g/mol. The lowest BCUT2D eigenvalue weighted by atomic mass is 10.2. The highest BCUT2D eigenvalue weighted by Crippen LogP contribution is 2.19. The summed E-state index contributed by atoms with van der Waals surface area (Å²) in [4.78, 5) is 1.27. The molecule has 1 N–H and O–H groups in total. The van der Waals surface area contributed by atoms with Crippen LogP contribution in [0.15, 0.2) is 29.2 Å². The van der Waals surface area contributed by atoms with E-state index >= 15 is 0 Å². The summed E-state index contributed by atoms with van der Waals surface area (Å²) in [5, 5.41) is 3.42. The fourth-order valence-electron chi connectivity index (χ4n) is 1.41. The maximum absolute atomic E-state index is 5.75. The molecule has 0 aromatic heterocycles. The molecule has 0 amide bonds. The van der Waals surface area contributed by atoms with Gasteiger partial charge in [0.15, 0.2) is 0 Å². The second-order valence-corrected chi connectivity index (χ2v) is 5.53. The van der Waals surface area contributed by atoms with Crippen molar-refractivity contribution in [2.75, 3.05) is 19.4 Å². The largest absolute Gasteiger partial charge is 0.493 e. The number of ether oxygens (including phenoxy) is 1. The van der Waals surface area contributed by atoms with Crippen LogP contribution in [0.5, 0.6) is 5.75 Å². The predicted octanol–water partition coefficient (Wildman–Crippen LogP) is 3.42. The van der Waals surface area contributed by atoms with Crippen LogP contribution in [0.4, 0.5) is 0 Å². The lowest BCUT2D eigenvalue weighted by molar-refractivity contribution is 0.253. The van der Waals surface area contributed by atoms with Gasteiger partial charge in [0.1, 0.15) is 5.75 Å². The molecule has 0 saturated heterocycles. The van der Waals surface area contributed by atoms with Crippen LogP contribution >= 0.6 is 11.8 Å². The molecule has 0 saturated carbocycles. The summed E-state index contributed by atoms with van der Waals surface area (Å²) in [5.74, 6) is 1.48. The Hall–Kier alpha value is -0.670. The first-order valence-electron chi connectivity index (χ1n) is 6.12. The lowest BCUT2D eigenvalue weighted by Gasteiger charge is -2.15. The molecule has 1 rings (SSSR count). The highest BCUT2D eigenvalue weighted by Gasteiger charge is 2.04. The Morgan fingerprint density at radius 1 is 1.18 bits per heavy atom. The first-order valence-corrected chi connectivity index (χ1v) is 7.34. The Morgan fingerprint density at radius 2 is 1.82 bits per heavy atom. The van der Waals surface area contributed by atoms with Gasteiger partial charge >= 0.3 is 0 Å². The number of benzene rings is 1. The first-order chi connectivity index (χ1) is 8.11. The third kappa shape index (κ3) is 5.99. The minimum atomic E-state index is 0.526. The predicted molar refractivity (Wildman–Crippen MR) is 76.0 cm³/mol. The van der Waals surface area contributed by atoms with E-state index in [2.05, 4.69) is 44.5 Å². The van der Waals surface area contributed by atoms with Gasteiger partial charge in [0.2, 0.25) is 0 Å². The van der Waals surface area contributed by atoms with E-state index in [1.807, 2.05) is 12.1 Å². The second-order valence-electron chi connectivity index (χ2n) is 4.65. The summed E-state index contributed by atoms with van der Waals surface area (Å²) in [7, 11) is 0. The van der Waals surface area contributed by atoms with Crippen LogP contribution in [0, 0.1) is 5.92 Å². The number of thioether (sulfide) groups is 1. The summed E-state index contributed by atoms with van der Waals surface area (Å²) in [6, 6.07) is 8.80. The van der Waals surface area contributed by atoms with E-state index in [9.17, 15) is 0 Å². The minimum absolute atomic E-state index is 0.526. The lowest BCUT2D eigenvalue weighted by Crippen LogP contribution is -2.30. The van der Waals surface area contributed by atoms with Crippen molar-refractivity contribution in [1.29, 1.82) is 0 Å². The maximum Gasteiger partial charge on any atom is 0.119 e. The van der Waals surface area contributed by atoms with E-state index in [4.69, 9.17) is 4.74 Å². The van der Waals surface area contributed by atoms with Crippen LogP contribution in [0.2, 0.25) is 0 Å². The van der Waals surface area contributed by atoms with Crippen molar-refractivity contribution in [3.05, 3.63) is 24.3 Å². The summed E-state index contributed by atoms with van der Waals surface area (Å²) < 4.78 is 5.75. The van der Waals surface area contributed by atoms with E-state index in [1.165, 1.54) is 4.90 Å². The van der Waals surface area contributed by atoms with Gasteiger partial charge in [-0.3, -0.25) is 0 Å². The number of hydrogen-bond acceptors (Lipinski definition) is 3. The normalized spacial score (nSPS) is 12.8. The molecule has 0 aliphatic carbocycles. The molecular weight excluding hydrogens is 230 g/mol. The van der Waals surface area contributed by atoms with Crippen LogP contribution < -0.4 is 10.1 Å². The van der Waals surface area contributed by atoms with Crippen LogP contribution in [0.25, 0.3) is 0 Å². The fourth-order valence-corrected chi connectivity index (χ4v) is 1.81. The van der Waals surface area contributed by atoms with Gasteiger partial charge in [-0.05, 0) is 30.5 Å². The average Bonchev–Trinajstić information content (AvgIpc) is 2.34. The van der Waals surface area contributed by atoms with Gasteiger partial charge in [0.05, 0.1) is 6.61 Å². The van der Waals surface area contributed by atoms with Gasteiger partial charge in [0.25, 0.3) is 0 Å². The summed E-state index contributed by atoms with van der Waals surface area (Å²) in [6.07, 6.45) is 2.08. The van der Waals surface area contributed by atoms with Crippen molar-refractivity contribution in [2.24, 2.45) is 5.92 Å². The van der Waals surface area contributed by atoms with E-state index in [0.29, 0.717) is 12.0 Å². The molecule has 2 nitrogen and oxygen atoms in total. The molecule has 1 atom stereocenters. The van der Waals surface area contributed by atoms with Gasteiger partial charge in [-0.25, -0.2) is 0 Å². The molecule has 0 radical (unpaired) electrons. The van der Waals surface area contributed by atoms with Gasteiger partial charge in [-0.1, -0.05) is 20.8 Å². The van der Waals surface area contributed by atoms with Crippen molar-refractivity contribution in [3.8, 4) is 5.75 Å². The molecule has 0 spiro atoms. The smallest absolute Gasteiger partial charge is 0.119 e. The Morgan fingerprint density at radius 3 is 2.35 bits per heavy atom. The maximum atomic E-state index is 5.75. The SMILES string of the molecule is CSc1ccc(OCC(C)CNC(C)C)cc1. The minimum Gasteiger partial charge on any atom is -0.493 e. The second kappa shape index (κ2) is 7.62. The molecule has 1 unspecified atom stereocenters. The number of hydrogen-bond donors (Lipinski definition) is 1. The van der Waals surface area contributed by atoms with Crippen molar-refractivity contribution >= 4 is 11.8 Å². The molecule has 0 aliphatic rings. The van der Waals surface area contributed by atoms with Gasteiger partial charge in [0, 0.05) is 23.4 Å². The molecule has 0 fully saturated rings. The Labute approximate surface area is 109 Å². The molecule has 1 aromatic rings. The molecule has 0 aliphatic heterocycles. The third-order valence-corrected chi connectivity index (χ3v) is 3.21. The Balaban J connectivity index is 2.29. The summed E-state index contributed by atoms with van der Waals surface area (Å²) in [5.41, 5.74) is 0. The number of nitrogens with one attached hydrogen (secondary N) is 1. The first kappa shape index (κ1) is 14.4. The van der Waals surface area contributed by atoms with Crippen molar-refractivity contribution < 1.29 is 4.74 Å². The highest BCUT2D eigenvalue weighted by molar-refractivity contribution is 7.98. The molecule has 1 aromatic carbocycles. The zero-order valence-corrected chi connectivity index (χ0v) is 12.0. The van der Waals surface area contributed by atoms with Crippen LogP contribution in [0.3, 0.4) is 0 Å². The van der Waals surface area contributed by atoms with Crippen LogP contribution in [0.1, 0.15) is 20.8 Å². The molecule has 0 heterocycles. The molecular formula is C14H23NOS. The van der Waals surface area contributed by atoms with Crippen LogP contribution in [-0.2, 0) is 0 Å². The van der Waals surface area contributed by atoms with Crippen LogP contribution in [-0.4, -0.2) is 25.4 Å². The molecule has 96 valence electrons. The van der Waals surface area contributed by atoms with E-state index < -0.39 is 0 Å². The van der Waals surface area contributed by atoms with Gasteiger partial charge in [-0.15, -0.1) is 11.8 Å². The van der Waals surface area contributed by atoms with Crippen molar-refractivity contribution in [3.63, 3.8) is 0 Å². The van der Waals surface area contributed by atoms with E-state index in [-0.39, 0.29) is 0 Å². The molecule has 17 heavy (non-hydrogen) atoms. The van der Waals surface area contributed by atoms with E-state index in [1.54, 1.807) is 11.8 Å². The zero-order valence-electron chi connectivity index (χ0n) is 11.2. The highest BCUT2D eigenvalue weighted by atomic mass is 32.2. The van der Waals surface area contributed by atoms with Crippen molar-refractivity contribution in [1.82, 2.24) is 5.32 Å². The quantitative estimate of drug-likeness (QED) is 0.752. The Bertz CT molecular complexity index is 311.